The van der Waals surface area contributed by atoms with Gasteiger partial charge in [0, 0.05) is 0 Å². The molecule has 0 unspecified atom stereocenters. The summed E-state index contributed by atoms with van der Waals surface area (Å²) in [6.45, 7) is 14.8. The predicted octanol–water partition coefficient (Wildman–Crippen LogP) is 1.08. The minimum absolute atomic E-state index is 1.33. The molecule has 0 aliphatic rings. The van der Waals surface area contributed by atoms with Gasteiger partial charge in [0.2, 0.25) is 0 Å². The van der Waals surface area contributed by atoms with Gasteiger partial charge in [0.25, 0.3) is 0 Å². The van der Waals surface area contributed by atoms with Gasteiger partial charge < -0.3 is 4.48 Å². The van der Waals surface area contributed by atoms with Crippen molar-refractivity contribution in [2.45, 2.75) is 53.4 Å². The number of rotatable bonds is 8. The molecule has 0 saturated heterocycles. The molecule has 0 aromatic rings. The summed E-state index contributed by atoms with van der Waals surface area (Å²) in [4.78, 5) is 0. The molecule has 0 rings (SSSR count). The number of quaternary nitrogens is 1. The van der Waals surface area contributed by atoms with E-state index in [1.54, 1.807) is 0 Å². The van der Waals surface area contributed by atoms with Crippen LogP contribution in [0.3, 0.4) is 0 Å². The molecule has 0 aromatic heterocycles. The first-order valence-corrected chi connectivity index (χ1v) is 9.64. The molecule has 0 fully saturated rings. The van der Waals surface area contributed by atoms with E-state index < -0.39 is 13.4 Å². The fraction of sp³-hybridized carbons (Fsp3) is 1.00. The van der Waals surface area contributed by atoms with Crippen LogP contribution in [0.2, 0.25) is 0 Å². The summed E-state index contributed by atoms with van der Waals surface area (Å²) in [7, 11) is 0. The van der Waals surface area contributed by atoms with Crippen LogP contribution < -0.4 is 4.19 Å². The van der Waals surface area contributed by atoms with Gasteiger partial charge in [0.05, 0.1) is 26.2 Å². The Morgan fingerprint density at radius 2 is 1.00 bits per heavy atom. The normalized spacial score (nSPS) is 11.9. The average molecular weight is 330 g/mol. The van der Waals surface area contributed by atoms with E-state index in [-0.39, 0.29) is 0 Å². The van der Waals surface area contributed by atoms with Crippen LogP contribution in [0.1, 0.15) is 53.4 Å². The quantitative estimate of drug-likeness (QED) is 0.534. The maximum atomic E-state index is 8.70. The Hall–Kier alpha value is -0.000519. The van der Waals surface area contributed by atoms with E-state index >= 15 is 0 Å². The maximum absolute atomic E-state index is 8.70. The van der Waals surface area contributed by atoms with Crippen LogP contribution >= 0.6 is 0 Å². The number of nitrogens with zero attached hydrogens (tertiary/aromatic N) is 1. The third-order valence-corrected chi connectivity index (χ3v) is 2.79. The van der Waals surface area contributed by atoms with Crippen molar-refractivity contribution in [3.8, 4) is 0 Å². The number of hydrogen-bond acceptors (Lipinski definition) is 3. The molecule has 0 spiro atoms. The monoisotopic (exact) mass is 331 g/mol. The van der Waals surface area contributed by atoms with Gasteiger partial charge in [-0.15, -0.1) is 0 Å². The van der Waals surface area contributed by atoms with Crippen LogP contribution in [0.25, 0.3) is 0 Å². The zero-order valence-corrected chi connectivity index (χ0v) is 13.9. The Kier molecular flexibility index (Phi) is 12.3. The van der Waals surface area contributed by atoms with Gasteiger partial charge in [-0.2, -0.15) is 0 Å². The summed E-state index contributed by atoms with van der Waals surface area (Å²) in [5, 5.41) is 0. The molecule has 0 atom stereocenters. The molecule has 5 nitrogen and oxygen atoms in total. The predicted molar refractivity (Wildman–Crippen MR) is 70.2 cm³/mol. The summed E-state index contributed by atoms with van der Waals surface area (Å²) in [5.74, 6) is 0. The van der Waals surface area contributed by atoms with Gasteiger partial charge in [-0.25, -0.2) is 0 Å². The van der Waals surface area contributed by atoms with Crippen molar-refractivity contribution in [2.24, 2.45) is 0 Å². The van der Waals surface area contributed by atoms with Crippen molar-refractivity contribution in [3.05, 3.63) is 0 Å². The molecule has 1 N–H and O–H groups in total. The van der Waals surface area contributed by atoms with Gasteiger partial charge in [0.1, 0.15) is 0 Å². The Labute approximate surface area is 114 Å². The molecule has 18 heavy (non-hydrogen) atoms. The molecule has 0 amide bonds. The Balaban J connectivity index is 0. The topological polar surface area (TPSA) is 77.4 Å². The van der Waals surface area contributed by atoms with Crippen LogP contribution in [-0.2, 0) is 7.67 Å². The number of hydrogen-bond donors (Lipinski definition) is 1. The van der Waals surface area contributed by atoms with Gasteiger partial charge in [-0.3, -0.25) is 0 Å². The van der Waals surface area contributed by atoms with E-state index in [4.69, 9.17) is 16.0 Å². The molecular weight excluding hydrogens is 301 g/mol. The molecule has 6 heteroatoms. The van der Waals surface area contributed by atoms with Gasteiger partial charge >= 0.3 is 29.4 Å². The standard InChI is InChI=1S/C12H28N.H2O4Se/c1-5-9-13(10-6-2,11-7-3)12-8-4;1-5(2,3)4/h5-12H2,1-4H3;(H2,1,2,3,4)/q+1;/p-1. The van der Waals surface area contributed by atoms with Crippen LogP contribution in [0.4, 0.5) is 0 Å². The van der Waals surface area contributed by atoms with E-state index in [1.165, 1.54) is 56.3 Å². The van der Waals surface area contributed by atoms with Crippen molar-refractivity contribution in [1.29, 1.82) is 0 Å². The van der Waals surface area contributed by atoms with E-state index in [2.05, 4.69) is 27.7 Å². The van der Waals surface area contributed by atoms with Crippen LogP contribution in [0, 0.1) is 0 Å². The summed E-state index contributed by atoms with van der Waals surface area (Å²) in [6, 6.07) is 0. The summed E-state index contributed by atoms with van der Waals surface area (Å²) < 4.78 is 34.5. The van der Waals surface area contributed by atoms with Gasteiger partial charge in [0.15, 0.2) is 0 Å². The first-order chi connectivity index (χ1) is 8.24. The average Bonchev–Trinajstić information content (AvgIpc) is 2.16. The summed E-state index contributed by atoms with van der Waals surface area (Å²) in [6.07, 6.45) is 5.33. The second kappa shape index (κ2) is 10.9. The van der Waals surface area contributed by atoms with Gasteiger partial charge in [-0.1, -0.05) is 27.7 Å². The Morgan fingerprint density at radius 1 is 0.833 bits per heavy atom. The molecule has 0 aliphatic carbocycles. The Morgan fingerprint density at radius 3 is 1.11 bits per heavy atom. The molecule has 0 bridgehead atoms. The molecule has 0 aromatic carbocycles. The molecule has 0 heterocycles. The Bertz CT molecular complexity index is 240. The molecule has 112 valence electrons. The van der Waals surface area contributed by atoms with Crippen molar-refractivity contribution < 1.29 is 20.5 Å². The van der Waals surface area contributed by atoms with E-state index in [0.29, 0.717) is 0 Å². The molecular formula is C12H29NO4Se. The van der Waals surface area contributed by atoms with Crippen molar-refractivity contribution in [1.82, 2.24) is 0 Å². The van der Waals surface area contributed by atoms with Crippen LogP contribution in [0.15, 0.2) is 0 Å². The van der Waals surface area contributed by atoms with Crippen molar-refractivity contribution >= 4 is 13.4 Å². The van der Waals surface area contributed by atoms with E-state index in [9.17, 15) is 0 Å². The minimum atomic E-state index is -5.50. The van der Waals surface area contributed by atoms with E-state index in [0.717, 1.165) is 0 Å². The first kappa shape index (κ1) is 20.3. The van der Waals surface area contributed by atoms with Crippen LogP contribution in [0.5, 0.6) is 0 Å². The van der Waals surface area contributed by atoms with E-state index in [1.807, 2.05) is 0 Å². The first-order valence-electron chi connectivity index (χ1n) is 6.78. The second-order valence-corrected chi connectivity index (χ2v) is 6.46. The SMILES string of the molecule is CCC[N+](CCC)(CCC)CCC.O=[Se](=O)([O-])O. The fourth-order valence-corrected chi connectivity index (χ4v) is 2.57. The van der Waals surface area contributed by atoms with Crippen molar-refractivity contribution in [3.63, 3.8) is 0 Å². The summed E-state index contributed by atoms with van der Waals surface area (Å²) >= 11 is -5.50. The van der Waals surface area contributed by atoms with Crippen LogP contribution in [-0.4, -0.2) is 48.2 Å². The fourth-order valence-electron chi connectivity index (χ4n) is 2.57. The zero-order chi connectivity index (χ0) is 14.7. The zero-order valence-electron chi connectivity index (χ0n) is 12.2. The summed E-state index contributed by atoms with van der Waals surface area (Å²) in [5.41, 5.74) is 0. The van der Waals surface area contributed by atoms with Crippen molar-refractivity contribution in [2.75, 3.05) is 26.2 Å². The van der Waals surface area contributed by atoms with Gasteiger partial charge in [-0.05, 0) is 25.7 Å². The second-order valence-electron chi connectivity index (χ2n) is 4.66. The molecule has 0 aliphatic heterocycles. The third kappa shape index (κ3) is 14.1. The molecule has 0 radical (unpaired) electrons. The molecule has 0 saturated carbocycles. The third-order valence-electron chi connectivity index (χ3n) is 2.79.